The largest absolute Gasteiger partial charge is 1.00 e. The molecule has 0 bridgehead atoms. The van der Waals surface area contributed by atoms with Gasteiger partial charge in [0.2, 0.25) is 0 Å². The first-order valence-corrected chi connectivity index (χ1v) is 9.56. The molecule has 5 rings (SSSR count). The van der Waals surface area contributed by atoms with Crippen LogP contribution in [-0.4, -0.2) is 34.2 Å². The van der Waals surface area contributed by atoms with Crippen molar-refractivity contribution in [2.75, 3.05) is 38.0 Å². The van der Waals surface area contributed by atoms with Gasteiger partial charge in [-0.2, -0.15) is 0 Å². The Morgan fingerprint density at radius 3 is 1.86 bits per heavy atom. The molecule has 0 aromatic heterocycles. The van der Waals surface area contributed by atoms with Crippen molar-refractivity contribution in [1.29, 1.82) is 0 Å². The molecule has 0 radical (unpaired) electrons. The van der Waals surface area contributed by atoms with Crippen LogP contribution < -0.4 is 14.5 Å². The third-order valence-electron chi connectivity index (χ3n) is 5.71. The molecule has 0 atom stereocenters. The van der Waals surface area contributed by atoms with Gasteiger partial charge in [0, 0.05) is 68.4 Å². The number of hydrogen-bond acceptors (Lipinski definition) is 5. The van der Waals surface area contributed by atoms with Gasteiger partial charge in [-0.25, -0.2) is 4.79 Å². The van der Waals surface area contributed by atoms with E-state index in [9.17, 15) is 4.79 Å². The summed E-state index contributed by atoms with van der Waals surface area (Å²) in [7, 11) is 7.96. The van der Waals surface area contributed by atoms with Crippen molar-refractivity contribution < 1.29 is 15.7 Å². The summed E-state index contributed by atoms with van der Waals surface area (Å²) in [5.41, 5.74) is 4.16. The average molecular weight is 387 g/mol. The van der Waals surface area contributed by atoms with Crippen molar-refractivity contribution in [3.63, 3.8) is 0 Å². The van der Waals surface area contributed by atoms with Crippen LogP contribution in [0.15, 0.2) is 60.7 Å². The summed E-state index contributed by atoms with van der Waals surface area (Å²) in [5.74, 6) is 1.08. The van der Waals surface area contributed by atoms with Crippen molar-refractivity contribution in [3.05, 3.63) is 82.9 Å². The molecule has 0 amide bonds. The normalized spacial score (nSPS) is 15.1. The van der Waals surface area contributed by atoms with Gasteiger partial charge in [-0.1, -0.05) is 18.2 Å². The van der Waals surface area contributed by atoms with Crippen molar-refractivity contribution >= 4 is 17.3 Å². The van der Waals surface area contributed by atoms with Crippen molar-refractivity contribution in [2.45, 2.75) is 5.60 Å². The molecule has 1 spiro atoms. The van der Waals surface area contributed by atoms with Crippen LogP contribution in [0.5, 0.6) is 11.5 Å². The van der Waals surface area contributed by atoms with E-state index in [0.29, 0.717) is 17.1 Å². The molecular formula is C24H23N2O3+. The maximum Gasteiger partial charge on any atom is 1.00 e. The van der Waals surface area contributed by atoms with Gasteiger partial charge < -0.3 is 19.3 Å². The lowest BCUT2D eigenvalue weighted by atomic mass is 9.77. The Bertz CT molecular complexity index is 1100. The molecule has 0 N–H and O–H groups in total. The summed E-state index contributed by atoms with van der Waals surface area (Å²) >= 11 is 0. The van der Waals surface area contributed by atoms with Gasteiger partial charge in [-0.3, -0.25) is 0 Å². The molecule has 3 aromatic rings. The molecule has 5 heteroatoms. The maximum atomic E-state index is 12.8. The Hall–Kier alpha value is -3.47. The van der Waals surface area contributed by atoms with Gasteiger partial charge in [-0.05, 0) is 30.3 Å². The highest BCUT2D eigenvalue weighted by Gasteiger charge is 2.53. The Kier molecular flexibility index (Phi) is 3.65. The first kappa shape index (κ1) is 17.6. The van der Waals surface area contributed by atoms with Crippen LogP contribution in [-0.2, 0) is 10.3 Å². The number of ether oxygens (including phenoxy) is 2. The summed E-state index contributed by atoms with van der Waals surface area (Å²) in [5, 5.41) is 0. The number of carbonyl (C=O) groups excluding carboxylic acids is 1. The molecule has 146 valence electrons. The number of anilines is 2. The Morgan fingerprint density at radius 2 is 1.31 bits per heavy atom. The highest BCUT2D eigenvalue weighted by molar-refractivity contribution is 5.97. The second-order valence-corrected chi connectivity index (χ2v) is 7.87. The second-order valence-electron chi connectivity index (χ2n) is 7.87. The lowest BCUT2D eigenvalue weighted by Crippen LogP contribution is -2.33. The van der Waals surface area contributed by atoms with E-state index in [2.05, 4.69) is 0 Å². The second kappa shape index (κ2) is 6.01. The van der Waals surface area contributed by atoms with Gasteiger partial charge in [0.05, 0.1) is 5.56 Å². The molecule has 3 aromatic carbocycles. The molecule has 0 saturated heterocycles. The van der Waals surface area contributed by atoms with Crippen LogP contribution in [0.25, 0.3) is 0 Å². The van der Waals surface area contributed by atoms with Gasteiger partial charge in [0.15, 0.2) is 5.60 Å². The third kappa shape index (κ3) is 2.37. The zero-order valence-corrected chi connectivity index (χ0v) is 16.9. The zero-order valence-electron chi connectivity index (χ0n) is 17.9. The smallest absolute Gasteiger partial charge is 0.456 e. The van der Waals surface area contributed by atoms with E-state index in [1.807, 2.05) is 98.7 Å². The molecule has 0 saturated carbocycles. The fraction of sp³-hybridized carbons (Fsp3) is 0.208. The summed E-state index contributed by atoms with van der Waals surface area (Å²) < 4.78 is 12.5. The van der Waals surface area contributed by atoms with Crippen LogP contribution >= 0.6 is 0 Å². The number of rotatable bonds is 2. The minimum Gasteiger partial charge on any atom is -0.456 e. The number of esters is 1. The summed E-state index contributed by atoms with van der Waals surface area (Å²) in [6.45, 7) is 0. The summed E-state index contributed by atoms with van der Waals surface area (Å²) in [6.07, 6.45) is 0. The Morgan fingerprint density at radius 1 is 0.759 bits per heavy atom. The SMILES string of the molecule is CN(C)c1ccc2c(c1)Oc1cc(N(C)C)ccc1C21OC(=O)c2ccccc21.[H+]. The van der Waals surface area contributed by atoms with E-state index in [1.54, 1.807) is 0 Å². The van der Waals surface area contributed by atoms with Crippen molar-refractivity contribution in [1.82, 2.24) is 0 Å². The first-order chi connectivity index (χ1) is 13.9. The van der Waals surface area contributed by atoms with Crippen LogP contribution in [0.4, 0.5) is 11.4 Å². The van der Waals surface area contributed by atoms with E-state index >= 15 is 0 Å². The fourth-order valence-electron chi connectivity index (χ4n) is 4.21. The summed E-state index contributed by atoms with van der Waals surface area (Å²) in [6, 6.07) is 19.7. The van der Waals surface area contributed by atoms with Gasteiger partial charge >= 0.3 is 7.40 Å². The number of nitrogens with zero attached hydrogens (tertiary/aromatic N) is 2. The van der Waals surface area contributed by atoms with E-state index in [0.717, 1.165) is 28.1 Å². The van der Waals surface area contributed by atoms with Gasteiger partial charge in [0.25, 0.3) is 0 Å². The van der Waals surface area contributed by atoms with Gasteiger partial charge in [0.1, 0.15) is 11.5 Å². The minimum atomic E-state index is -1.01. The van der Waals surface area contributed by atoms with Crippen LogP contribution in [0.1, 0.15) is 28.5 Å². The molecule has 2 heterocycles. The predicted octanol–water partition coefficient (Wildman–Crippen LogP) is 4.50. The Balaban J connectivity index is 0.00000218. The lowest BCUT2D eigenvalue weighted by molar-refractivity contribution is 0.0224. The first-order valence-electron chi connectivity index (χ1n) is 9.56. The van der Waals surface area contributed by atoms with E-state index in [1.165, 1.54) is 0 Å². The zero-order chi connectivity index (χ0) is 20.3. The number of benzene rings is 3. The van der Waals surface area contributed by atoms with Crippen LogP contribution in [0, 0.1) is 0 Å². The minimum absolute atomic E-state index is 0. The lowest BCUT2D eigenvalue weighted by Gasteiger charge is -2.37. The highest BCUT2D eigenvalue weighted by atomic mass is 16.6. The molecule has 2 aliphatic heterocycles. The number of carbonyl (C=O) groups is 1. The number of fused-ring (bicyclic) bond motifs is 6. The predicted molar refractivity (Wildman–Crippen MR) is 114 cm³/mol. The quantitative estimate of drug-likeness (QED) is 0.606. The maximum absolute atomic E-state index is 12.8. The van der Waals surface area contributed by atoms with Crippen molar-refractivity contribution in [2.24, 2.45) is 0 Å². The molecule has 5 nitrogen and oxygen atoms in total. The Labute approximate surface area is 171 Å². The van der Waals surface area contributed by atoms with Gasteiger partial charge in [-0.15, -0.1) is 0 Å². The van der Waals surface area contributed by atoms with E-state index in [-0.39, 0.29) is 7.40 Å². The fourth-order valence-corrected chi connectivity index (χ4v) is 4.21. The standard InChI is InChI=1S/C24H22N2O3/c1-25(2)15-9-11-19-21(13-15)28-22-14-16(26(3)4)10-12-20(22)24(19)18-8-6-5-7-17(18)23(27)29-24/h5-14H,1-4H3/p+1. The molecule has 29 heavy (non-hydrogen) atoms. The summed E-state index contributed by atoms with van der Waals surface area (Å²) in [4.78, 5) is 16.9. The molecule has 0 aliphatic carbocycles. The topological polar surface area (TPSA) is 42.0 Å². The molecule has 0 fully saturated rings. The third-order valence-corrected chi connectivity index (χ3v) is 5.71. The average Bonchev–Trinajstić information content (AvgIpc) is 3.01. The molecule has 0 unspecified atom stereocenters. The molecule has 2 aliphatic rings. The highest BCUT2D eigenvalue weighted by Crippen LogP contribution is 2.56. The van der Waals surface area contributed by atoms with E-state index in [4.69, 9.17) is 9.47 Å². The van der Waals surface area contributed by atoms with Crippen molar-refractivity contribution in [3.8, 4) is 11.5 Å². The monoisotopic (exact) mass is 387 g/mol. The van der Waals surface area contributed by atoms with Crippen LogP contribution in [0.3, 0.4) is 0 Å². The van der Waals surface area contributed by atoms with E-state index < -0.39 is 5.60 Å². The molecular weight excluding hydrogens is 364 g/mol. The number of hydrogen-bond donors (Lipinski definition) is 0. The van der Waals surface area contributed by atoms with Crippen LogP contribution in [0.2, 0.25) is 0 Å².